The molecule has 2 heterocycles. The molecule has 1 unspecified atom stereocenters. The van der Waals surface area contributed by atoms with Crippen molar-refractivity contribution in [3.05, 3.63) is 29.4 Å². The van der Waals surface area contributed by atoms with Crippen molar-refractivity contribution in [3.63, 3.8) is 0 Å². The number of nitrogen functional groups attached to an aromatic ring is 1. The van der Waals surface area contributed by atoms with Crippen molar-refractivity contribution in [2.45, 2.75) is 38.0 Å². The van der Waals surface area contributed by atoms with Crippen molar-refractivity contribution >= 4 is 23.1 Å². The van der Waals surface area contributed by atoms with Crippen molar-refractivity contribution in [1.82, 2.24) is 9.97 Å². The summed E-state index contributed by atoms with van der Waals surface area (Å²) < 4.78 is 63.1. The van der Waals surface area contributed by atoms with Crippen LogP contribution in [0.4, 0.5) is 29.1 Å². The van der Waals surface area contributed by atoms with Gasteiger partial charge in [0, 0.05) is 44.8 Å². The predicted molar refractivity (Wildman–Crippen MR) is 110 cm³/mol. The molecule has 11 heteroatoms. The van der Waals surface area contributed by atoms with E-state index in [1.807, 2.05) is 0 Å². The van der Waals surface area contributed by atoms with E-state index in [9.17, 15) is 17.6 Å². The number of anilines is 2. The highest BCUT2D eigenvalue weighted by Crippen LogP contribution is 2.38. The van der Waals surface area contributed by atoms with E-state index >= 15 is 0 Å². The average molecular weight is 463 g/mol. The van der Waals surface area contributed by atoms with Gasteiger partial charge >= 0.3 is 0 Å². The van der Waals surface area contributed by atoms with Gasteiger partial charge < -0.3 is 20.1 Å². The van der Waals surface area contributed by atoms with Crippen LogP contribution in [-0.4, -0.2) is 42.5 Å². The SMILES string of the molecule is CN(CC1CCCC(F)(F)C1)c1nc(Oc2ncc(Cl)cc2OCC(F)F)ccc1N. The number of nitrogens with zero attached hydrogens (tertiary/aromatic N) is 3. The van der Waals surface area contributed by atoms with E-state index in [1.165, 1.54) is 18.3 Å². The Hall–Kier alpha value is -2.49. The van der Waals surface area contributed by atoms with Gasteiger partial charge in [-0.25, -0.2) is 22.5 Å². The van der Waals surface area contributed by atoms with E-state index in [-0.39, 0.29) is 41.3 Å². The first-order valence-electron chi connectivity index (χ1n) is 9.73. The first-order valence-corrected chi connectivity index (χ1v) is 10.1. The molecule has 2 N–H and O–H groups in total. The van der Waals surface area contributed by atoms with Gasteiger partial charge in [-0.15, -0.1) is 0 Å². The Kier molecular flexibility index (Phi) is 7.30. The minimum Gasteiger partial charge on any atom is -0.482 e. The van der Waals surface area contributed by atoms with Gasteiger partial charge in [-0.2, -0.15) is 4.98 Å². The van der Waals surface area contributed by atoms with Crippen LogP contribution in [0.1, 0.15) is 25.7 Å². The Morgan fingerprint density at radius 1 is 1.35 bits per heavy atom. The summed E-state index contributed by atoms with van der Waals surface area (Å²) in [5.74, 6) is -2.56. The van der Waals surface area contributed by atoms with Crippen LogP contribution in [0.25, 0.3) is 0 Å². The van der Waals surface area contributed by atoms with E-state index in [4.69, 9.17) is 26.8 Å². The van der Waals surface area contributed by atoms with Gasteiger partial charge in [-0.3, -0.25) is 0 Å². The lowest BCUT2D eigenvalue weighted by molar-refractivity contribution is -0.0509. The van der Waals surface area contributed by atoms with Crippen molar-refractivity contribution in [2.75, 3.05) is 30.8 Å². The molecule has 3 rings (SSSR count). The van der Waals surface area contributed by atoms with E-state index in [2.05, 4.69) is 9.97 Å². The summed E-state index contributed by atoms with van der Waals surface area (Å²) in [5, 5.41) is 0.187. The van der Waals surface area contributed by atoms with E-state index in [0.29, 0.717) is 30.9 Å². The van der Waals surface area contributed by atoms with Crippen molar-refractivity contribution in [1.29, 1.82) is 0 Å². The molecule has 1 atom stereocenters. The van der Waals surface area contributed by atoms with Crippen molar-refractivity contribution < 1.29 is 27.0 Å². The second-order valence-electron chi connectivity index (χ2n) is 7.52. The molecule has 1 fully saturated rings. The number of halogens is 5. The molecule has 0 aliphatic heterocycles. The van der Waals surface area contributed by atoms with Crippen LogP contribution < -0.4 is 20.1 Å². The maximum atomic E-state index is 13.7. The van der Waals surface area contributed by atoms with Gasteiger partial charge in [0.1, 0.15) is 6.61 Å². The van der Waals surface area contributed by atoms with Crippen molar-refractivity contribution in [3.8, 4) is 17.5 Å². The Morgan fingerprint density at radius 2 is 2.13 bits per heavy atom. The largest absolute Gasteiger partial charge is 0.482 e. The number of rotatable bonds is 8. The van der Waals surface area contributed by atoms with Crippen molar-refractivity contribution in [2.24, 2.45) is 5.92 Å². The zero-order chi connectivity index (χ0) is 22.6. The Bertz CT molecular complexity index is 903. The Morgan fingerprint density at radius 3 is 2.84 bits per heavy atom. The number of hydrogen-bond donors (Lipinski definition) is 1. The van der Waals surface area contributed by atoms with Gasteiger partial charge in [0.15, 0.2) is 11.6 Å². The molecule has 170 valence electrons. The van der Waals surface area contributed by atoms with E-state index in [0.717, 1.165) is 0 Å². The van der Waals surface area contributed by atoms with Crippen LogP contribution >= 0.6 is 11.6 Å². The fourth-order valence-electron chi connectivity index (χ4n) is 3.55. The second-order valence-corrected chi connectivity index (χ2v) is 7.96. The third-order valence-corrected chi connectivity index (χ3v) is 5.07. The number of hydrogen-bond acceptors (Lipinski definition) is 6. The molecule has 1 saturated carbocycles. The molecule has 2 aromatic rings. The third kappa shape index (κ3) is 6.49. The van der Waals surface area contributed by atoms with Crippen LogP contribution in [0.3, 0.4) is 0 Å². The summed E-state index contributed by atoms with van der Waals surface area (Å²) in [6, 6.07) is 4.34. The fourth-order valence-corrected chi connectivity index (χ4v) is 3.70. The van der Waals surface area contributed by atoms with Gasteiger partial charge in [0.25, 0.3) is 12.3 Å². The third-order valence-electron chi connectivity index (χ3n) is 4.87. The van der Waals surface area contributed by atoms with Crippen LogP contribution in [0, 0.1) is 5.92 Å². The highest BCUT2D eigenvalue weighted by Gasteiger charge is 2.36. The smallest absolute Gasteiger partial charge is 0.272 e. The average Bonchev–Trinajstić information content (AvgIpc) is 2.68. The van der Waals surface area contributed by atoms with Crippen LogP contribution in [0.2, 0.25) is 5.02 Å². The predicted octanol–water partition coefficient (Wildman–Crippen LogP) is 5.41. The molecule has 2 aromatic heterocycles. The molecule has 0 amide bonds. The Balaban J connectivity index is 1.75. The number of pyridine rings is 2. The lowest BCUT2D eigenvalue weighted by Gasteiger charge is -2.32. The molecule has 31 heavy (non-hydrogen) atoms. The maximum absolute atomic E-state index is 13.7. The molecule has 0 radical (unpaired) electrons. The summed E-state index contributed by atoms with van der Waals surface area (Å²) in [6.45, 7) is -0.494. The molecule has 0 aromatic carbocycles. The summed E-state index contributed by atoms with van der Waals surface area (Å²) >= 11 is 5.86. The lowest BCUT2D eigenvalue weighted by Crippen LogP contribution is -2.34. The number of nitrogens with two attached hydrogens (primary N) is 1. The van der Waals surface area contributed by atoms with Crippen LogP contribution in [0.5, 0.6) is 17.5 Å². The summed E-state index contributed by atoms with van der Waals surface area (Å²) in [4.78, 5) is 10.0. The lowest BCUT2D eigenvalue weighted by atomic mass is 9.86. The molecule has 1 aliphatic rings. The first kappa shape index (κ1) is 23.2. The highest BCUT2D eigenvalue weighted by atomic mass is 35.5. The molecule has 0 bridgehead atoms. The monoisotopic (exact) mass is 462 g/mol. The zero-order valence-corrected chi connectivity index (χ0v) is 17.6. The molecule has 0 saturated heterocycles. The number of ether oxygens (including phenoxy) is 2. The highest BCUT2D eigenvalue weighted by molar-refractivity contribution is 6.30. The van der Waals surface area contributed by atoms with E-state index < -0.39 is 19.0 Å². The maximum Gasteiger partial charge on any atom is 0.272 e. The van der Waals surface area contributed by atoms with Crippen LogP contribution in [-0.2, 0) is 0 Å². The minimum atomic E-state index is -2.69. The van der Waals surface area contributed by atoms with Gasteiger partial charge in [-0.05, 0) is 24.8 Å². The summed E-state index contributed by atoms with van der Waals surface area (Å²) in [7, 11) is 1.72. The summed E-state index contributed by atoms with van der Waals surface area (Å²) in [5.41, 5.74) is 6.37. The molecule has 6 nitrogen and oxygen atoms in total. The quantitative estimate of drug-likeness (QED) is 0.529. The van der Waals surface area contributed by atoms with Gasteiger partial charge in [-0.1, -0.05) is 11.6 Å². The topological polar surface area (TPSA) is 73.5 Å². The molecule has 0 spiro atoms. The number of alkyl halides is 4. The molecule has 1 aliphatic carbocycles. The van der Waals surface area contributed by atoms with Gasteiger partial charge in [0.05, 0.1) is 10.7 Å². The first-order chi connectivity index (χ1) is 14.6. The molecular weight excluding hydrogens is 440 g/mol. The summed E-state index contributed by atoms with van der Waals surface area (Å²) in [6.07, 6.45) is -0.487. The standard InChI is InChI=1S/C20H23ClF4N4O2/c1-29(10-12-3-2-6-20(24,25)8-12)18-14(26)4-5-17(28-18)31-19-15(30-11-16(22)23)7-13(21)9-27-19/h4-5,7,9,12,16H,2-3,6,8,10-11,26H2,1H3. The number of aromatic nitrogens is 2. The van der Waals surface area contributed by atoms with E-state index in [1.54, 1.807) is 18.0 Å². The fraction of sp³-hybridized carbons (Fsp3) is 0.500. The zero-order valence-electron chi connectivity index (χ0n) is 16.8. The normalized spacial score (nSPS) is 18.1. The minimum absolute atomic E-state index is 0.0641. The van der Waals surface area contributed by atoms with Crippen LogP contribution in [0.15, 0.2) is 24.4 Å². The van der Waals surface area contributed by atoms with Gasteiger partial charge in [0.2, 0.25) is 11.8 Å². The Labute approximate surface area is 182 Å². The second kappa shape index (κ2) is 9.76. The molecular formula is C20H23ClF4N4O2.